The first-order valence-electron chi connectivity index (χ1n) is 7.31. The summed E-state index contributed by atoms with van der Waals surface area (Å²) in [6, 6.07) is 15.2. The number of carbonyl (C=O) groups is 1. The Balaban J connectivity index is 1.65. The highest BCUT2D eigenvalue weighted by Gasteiger charge is 2.14. The average Bonchev–Trinajstić information content (AvgIpc) is 3.06. The summed E-state index contributed by atoms with van der Waals surface area (Å²) in [6.45, 7) is 0. The lowest BCUT2D eigenvalue weighted by atomic mass is 10.3. The van der Waals surface area contributed by atoms with Gasteiger partial charge < -0.3 is 9.73 Å². The second-order valence-electron chi connectivity index (χ2n) is 5.17. The molecule has 3 aromatic rings. The molecule has 128 valence electrons. The van der Waals surface area contributed by atoms with Crippen molar-refractivity contribution in [3.8, 4) is 0 Å². The summed E-state index contributed by atoms with van der Waals surface area (Å²) in [6.07, 6.45) is 0. The van der Waals surface area contributed by atoms with Gasteiger partial charge in [0.25, 0.3) is 5.91 Å². The van der Waals surface area contributed by atoms with Gasteiger partial charge in [0.1, 0.15) is 11.6 Å². The zero-order valence-electron chi connectivity index (χ0n) is 12.9. The third kappa shape index (κ3) is 4.55. The van der Waals surface area contributed by atoms with E-state index >= 15 is 0 Å². The number of nitrogens with one attached hydrogen (secondary N) is 1. The normalized spacial score (nSPS) is 11.9. The summed E-state index contributed by atoms with van der Waals surface area (Å²) in [7, 11) is -1.31. The number of hydrogen-bond acceptors (Lipinski definition) is 3. The zero-order valence-corrected chi connectivity index (χ0v) is 14.4. The van der Waals surface area contributed by atoms with E-state index in [0.29, 0.717) is 21.4 Å². The molecular weight excluding hydrogens is 365 g/mol. The Morgan fingerprint density at radius 3 is 2.40 bits per heavy atom. The van der Waals surface area contributed by atoms with Crippen LogP contribution in [0.2, 0.25) is 5.02 Å². The molecule has 1 amide bonds. The van der Waals surface area contributed by atoms with E-state index in [-0.39, 0.29) is 17.3 Å². The third-order valence-corrected chi connectivity index (χ3v) is 4.93. The highest BCUT2D eigenvalue weighted by molar-refractivity contribution is 7.84. The van der Waals surface area contributed by atoms with Gasteiger partial charge in [-0.05, 0) is 60.7 Å². The maximum absolute atomic E-state index is 12.9. The first-order chi connectivity index (χ1) is 12.0. The standard InChI is InChI=1S/C18H13ClFNO3S/c19-12-1-8-16(9-2-12)25(23)11-15-7-10-17(24-15)18(22)21-14-5-3-13(20)4-6-14/h1-10H,11H2,(H,21,22)/t25-/m0/s1. The van der Waals surface area contributed by atoms with Gasteiger partial charge in [-0.15, -0.1) is 0 Å². The Morgan fingerprint density at radius 1 is 1.04 bits per heavy atom. The van der Waals surface area contributed by atoms with Crippen LogP contribution in [0.5, 0.6) is 0 Å². The van der Waals surface area contributed by atoms with E-state index in [1.807, 2.05) is 0 Å². The lowest BCUT2D eigenvalue weighted by Gasteiger charge is -2.03. The minimum Gasteiger partial charge on any atom is -0.455 e. The lowest BCUT2D eigenvalue weighted by molar-refractivity contribution is 0.0995. The summed E-state index contributed by atoms with van der Waals surface area (Å²) in [5.74, 6) is -0.186. The minimum absolute atomic E-state index is 0.0902. The highest BCUT2D eigenvalue weighted by atomic mass is 35.5. The molecule has 0 aliphatic rings. The van der Waals surface area contributed by atoms with Crippen LogP contribution in [0.25, 0.3) is 0 Å². The summed E-state index contributed by atoms with van der Waals surface area (Å²) < 4.78 is 30.6. The fourth-order valence-electron chi connectivity index (χ4n) is 2.10. The molecule has 1 N–H and O–H groups in total. The van der Waals surface area contributed by atoms with E-state index in [9.17, 15) is 13.4 Å². The van der Waals surface area contributed by atoms with Crippen molar-refractivity contribution >= 4 is 34.0 Å². The Bertz CT molecular complexity index is 907. The van der Waals surface area contributed by atoms with Gasteiger partial charge in [-0.2, -0.15) is 0 Å². The minimum atomic E-state index is -1.31. The molecule has 0 spiro atoms. The van der Waals surface area contributed by atoms with Gasteiger partial charge in [-0.25, -0.2) is 4.39 Å². The number of carbonyl (C=O) groups excluding carboxylic acids is 1. The van der Waals surface area contributed by atoms with E-state index < -0.39 is 16.7 Å². The maximum atomic E-state index is 12.9. The Hall–Kier alpha value is -2.44. The molecule has 1 heterocycles. The fraction of sp³-hybridized carbons (Fsp3) is 0.0556. The third-order valence-electron chi connectivity index (χ3n) is 3.34. The van der Waals surface area contributed by atoms with Crippen molar-refractivity contribution < 1.29 is 17.8 Å². The Morgan fingerprint density at radius 2 is 1.72 bits per heavy atom. The van der Waals surface area contributed by atoms with Gasteiger partial charge in [0, 0.05) is 15.6 Å². The second-order valence-corrected chi connectivity index (χ2v) is 7.06. The van der Waals surface area contributed by atoms with Crippen molar-refractivity contribution in [1.82, 2.24) is 0 Å². The van der Waals surface area contributed by atoms with E-state index in [2.05, 4.69) is 5.32 Å². The van der Waals surface area contributed by atoms with Crippen LogP contribution in [-0.2, 0) is 16.6 Å². The van der Waals surface area contributed by atoms with E-state index in [1.165, 1.54) is 30.3 Å². The van der Waals surface area contributed by atoms with Gasteiger partial charge in [-0.1, -0.05) is 11.6 Å². The molecule has 0 fully saturated rings. The summed E-state index contributed by atoms with van der Waals surface area (Å²) in [4.78, 5) is 12.7. The van der Waals surface area contributed by atoms with Crippen molar-refractivity contribution in [1.29, 1.82) is 0 Å². The molecule has 0 saturated heterocycles. The van der Waals surface area contributed by atoms with Crippen LogP contribution < -0.4 is 5.32 Å². The van der Waals surface area contributed by atoms with Crippen molar-refractivity contribution in [3.63, 3.8) is 0 Å². The molecule has 0 unspecified atom stereocenters. The number of amides is 1. The number of anilines is 1. The largest absolute Gasteiger partial charge is 0.455 e. The van der Waals surface area contributed by atoms with Crippen molar-refractivity contribution in [3.05, 3.63) is 83.0 Å². The Labute approximate surface area is 151 Å². The molecule has 0 aliphatic carbocycles. The fourth-order valence-corrected chi connectivity index (χ4v) is 3.25. The second kappa shape index (κ2) is 7.63. The number of rotatable bonds is 5. The molecule has 0 aliphatic heterocycles. The highest BCUT2D eigenvalue weighted by Crippen LogP contribution is 2.18. The first-order valence-corrected chi connectivity index (χ1v) is 9.00. The topological polar surface area (TPSA) is 59.3 Å². The molecule has 25 heavy (non-hydrogen) atoms. The van der Waals surface area contributed by atoms with Crippen LogP contribution in [0.1, 0.15) is 16.3 Å². The molecule has 0 radical (unpaired) electrons. The van der Waals surface area contributed by atoms with E-state index in [0.717, 1.165) is 0 Å². The molecule has 4 nitrogen and oxygen atoms in total. The summed E-state index contributed by atoms with van der Waals surface area (Å²) >= 11 is 5.81. The van der Waals surface area contributed by atoms with Gasteiger partial charge in [0.2, 0.25) is 0 Å². The van der Waals surface area contributed by atoms with Crippen molar-refractivity contribution in [2.45, 2.75) is 10.6 Å². The van der Waals surface area contributed by atoms with Crippen molar-refractivity contribution in [2.24, 2.45) is 0 Å². The van der Waals surface area contributed by atoms with Crippen LogP contribution >= 0.6 is 11.6 Å². The first kappa shape index (κ1) is 17.4. The predicted octanol–water partition coefficient (Wildman–Crippen LogP) is 4.63. The molecular formula is C18H13ClFNO3S. The number of benzene rings is 2. The predicted molar refractivity (Wildman–Crippen MR) is 94.6 cm³/mol. The lowest BCUT2D eigenvalue weighted by Crippen LogP contribution is -2.10. The van der Waals surface area contributed by atoms with Crippen LogP contribution in [0.3, 0.4) is 0 Å². The molecule has 2 aromatic carbocycles. The van der Waals surface area contributed by atoms with E-state index in [4.69, 9.17) is 16.0 Å². The van der Waals surface area contributed by atoms with Crippen LogP contribution in [0.15, 0.2) is 70.0 Å². The molecule has 0 saturated carbocycles. The average molecular weight is 378 g/mol. The van der Waals surface area contributed by atoms with Crippen LogP contribution in [0, 0.1) is 5.82 Å². The maximum Gasteiger partial charge on any atom is 0.291 e. The van der Waals surface area contributed by atoms with Gasteiger partial charge in [-0.3, -0.25) is 9.00 Å². The summed E-state index contributed by atoms with van der Waals surface area (Å²) in [5.41, 5.74) is 0.453. The number of hydrogen-bond donors (Lipinski definition) is 1. The monoisotopic (exact) mass is 377 g/mol. The Kier molecular flexibility index (Phi) is 5.31. The molecule has 1 atom stereocenters. The van der Waals surface area contributed by atoms with Gasteiger partial charge in [0.05, 0.1) is 16.6 Å². The smallest absolute Gasteiger partial charge is 0.291 e. The van der Waals surface area contributed by atoms with E-state index in [1.54, 1.807) is 30.3 Å². The van der Waals surface area contributed by atoms with Gasteiger partial charge >= 0.3 is 0 Å². The molecule has 1 aromatic heterocycles. The molecule has 3 rings (SSSR count). The van der Waals surface area contributed by atoms with Crippen LogP contribution in [-0.4, -0.2) is 10.1 Å². The zero-order chi connectivity index (χ0) is 17.8. The number of halogens is 2. The molecule has 7 heteroatoms. The quantitative estimate of drug-likeness (QED) is 0.705. The van der Waals surface area contributed by atoms with Gasteiger partial charge in [0.15, 0.2) is 5.76 Å². The van der Waals surface area contributed by atoms with Crippen LogP contribution in [0.4, 0.5) is 10.1 Å². The number of furan rings is 1. The SMILES string of the molecule is O=C(Nc1ccc(F)cc1)c1ccc(C[S@](=O)c2ccc(Cl)cc2)o1. The summed E-state index contributed by atoms with van der Waals surface area (Å²) in [5, 5.41) is 3.17. The van der Waals surface area contributed by atoms with Crippen molar-refractivity contribution in [2.75, 3.05) is 5.32 Å². The molecule has 0 bridgehead atoms.